The van der Waals surface area contributed by atoms with Gasteiger partial charge in [0.2, 0.25) is 0 Å². The Morgan fingerprint density at radius 3 is 2.29 bits per heavy atom. The van der Waals surface area contributed by atoms with Crippen LogP contribution in [-0.4, -0.2) is 11.2 Å². The largest absolute Gasteiger partial charge is 0.393 e. The van der Waals surface area contributed by atoms with E-state index in [1.807, 2.05) is 0 Å². The predicted molar refractivity (Wildman–Crippen MR) is 70.7 cm³/mol. The van der Waals surface area contributed by atoms with Crippen LogP contribution >= 0.6 is 0 Å². The molecule has 3 fully saturated rings. The summed E-state index contributed by atoms with van der Waals surface area (Å²) in [6, 6.07) is 0. The molecule has 0 heterocycles. The van der Waals surface area contributed by atoms with Crippen LogP contribution in [0.25, 0.3) is 0 Å². The lowest BCUT2D eigenvalue weighted by Gasteiger charge is -2.44. The molecule has 1 N–H and O–H groups in total. The second kappa shape index (κ2) is 3.73. The topological polar surface area (TPSA) is 20.2 Å². The molecule has 0 aliphatic heterocycles. The molecule has 5 atom stereocenters. The van der Waals surface area contributed by atoms with Crippen molar-refractivity contribution in [2.24, 2.45) is 28.6 Å². The molecule has 0 aromatic carbocycles. The maximum atomic E-state index is 9.92. The maximum absolute atomic E-state index is 9.92. The monoisotopic (exact) mass is 236 g/mol. The Morgan fingerprint density at radius 2 is 1.76 bits per heavy atom. The molecular weight excluding hydrogens is 208 g/mol. The molecule has 0 amide bonds. The average Bonchev–Trinajstić information content (AvgIpc) is 2.61. The fraction of sp³-hybridized carbons (Fsp3) is 1.00. The molecule has 98 valence electrons. The van der Waals surface area contributed by atoms with Crippen molar-refractivity contribution >= 4 is 0 Å². The standard InChI is InChI=1S/C16H28O/c1-15(2)12-7-8-16(15,3)14(10-12)11-5-4-6-13(17)9-11/h11-14,17H,4-10H2,1-3H3/t11-,12+,13+,14+,16-/m0/s1. The van der Waals surface area contributed by atoms with Crippen LogP contribution in [0.3, 0.4) is 0 Å². The van der Waals surface area contributed by atoms with Gasteiger partial charge in [-0.2, -0.15) is 0 Å². The van der Waals surface area contributed by atoms with E-state index in [1.165, 1.54) is 32.1 Å². The summed E-state index contributed by atoms with van der Waals surface area (Å²) < 4.78 is 0. The summed E-state index contributed by atoms with van der Waals surface area (Å²) in [5, 5.41) is 9.92. The molecule has 17 heavy (non-hydrogen) atoms. The van der Waals surface area contributed by atoms with E-state index in [4.69, 9.17) is 0 Å². The van der Waals surface area contributed by atoms with Crippen molar-refractivity contribution in [3.8, 4) is 0 Å². The Morgan fingerprint density at radius 1 is 1.00 bits per heavy atom. The van der Waals surface area contributed by atoms with Gasteiger partial charge in [-0.3, -0.25) is 0 Å². The number of hydrogen-bond donors (Lipinski definition) is 1. The second-order valence-electron chi connectivity index (χ2n) is 7.80. The van der Waals surface area contributed by atoms with Crippen LogP contribution in [0.1, 0.15) is 65.7 Å². The fourth-order valence-corrected chi connectivity index (χ4v) is 5.54. The number of aliphatic hydroxyl groups is 1. The van der Waals surface area contributed by atoms with Crippen molar-refractivity contribution in [1.29, 1.82) is 0 Å². The zero-order chi connectivity index (χ0) is 12.3. The highest BCUT2D eigenvalue weighted by molar-refractivity contribution is 5.11. The normalized spacial score (nSPS) is 52.9. The summed E-state index contributed by atoms with van der Waals surface area (Å²) >= 11 is 0. The molecule has 3 aliphatic rings. The zero-order valence-electron chi connectivity index (χ0n) is 11.7. The highest BCUT2D eigenvalue weighted by Crippen LogP contribution is 2.70. The van der Waals surface area contributed by atoms with Crippen molar-refractivity contribution in [3.63, 3.8) is 0 Å². The maximum Gasteiger partial charge on any atom is 0.0543 e. The molecular formula is C16H28O. The van der Waals surface area contributed by atoms with Gasteiger partial charge in [-0.05, 0) is 67.1 Å². The second-order valence-corrected chi connectivity index (χ2v) is 7.80. The van der Waals surface area contributed by atoms with Gasteiger partial charge in [-0.25, -0.2) is 0 Å². The Kier molecular flexibility index (Phi) is 2.63. The fourth-order valence-electron chi connectivity index (χ4n) is 5.54. The third-order valence-electron chi connectivity index (χ3n) is 7.12. The molecule has 1 heteroatoms. The van der Waals surface area contributed by atoms with Crippen LogP contribution in [0.2, 0.25) is 0 Å². The molecule has 0 unspecified atom stereocenters. The summed E-state index contributed by atoms with van der Waals surface area (Å²) in [5.41, 5.74) is 1.10. The summed E-state index contributed by atoms with van der Waals surface area (Å²) in [6.07, 6.45) is 9.09. The van der Waals surface area contributed by atoms with Gasteiger partial charge in [-0.1, -0.05) is 27.2 Å². The Balaban J connectivity index is 1.82. The minimum atomic E-state index is -0.000381. The van der Waals surface area contributed by atoms with Crippen LogP contribution in [0.5, 0.6) is 0 Å². The molecule has 1 nitrogen and oxygen atoms in total. The first-order valence-electron chi connectivity index (χ1n) is 7.63. The predicted octanol–water partition coefficient (Wildman–Crippen LogP) is 4.00. The Hall–Kier alpha value is -0.0400. The molecule has 0 aromatic heterocycles. The molecule has 0 saturated heterocycles. The van der Waals surface area contributed by atoms with Crippen LogP contribution in [-0.2, 0) is 0 Å². The number of fused-ring (bicyclic) bond motifs is 2. The SMILES string of the molecule is CC1(C)[C@@H]2CC[C@@]1(C)[C@@H]([C@H]1CCC[C@@H](O)C1)C2. The van der Waals surface area contributed by atoms with Crippen molar-refractivity contribution in [3.05, 3.63) is 0 Å². The first-order chi connectivity index (χ1) is 7.95. The van der Waals surface area contributed by atoms with Crippen LogP contribution in [0, 0.1) is 28.6 Å². The summed E-state index contributed by atoms with van der Waals surface area (Å²) in [4.78, 5) is 0. The smallest absolute Gasteiger partial charge is 0.0543 e. The van der Waals surface area contributed by atoms with Gasteiger partial charge < -0.3 is 5.11 Å². The third kappa shape index (κ3) is 1.54. The highest BCUT2D eigenvalue weighted by Gasteiger charge is 2.62. The van der Waals surface area contributed by atoms with Gasteiger partial charge in [0.1, 0.15) is 0 Å². The van der Waals surface area contributed by atoms with Gasteiger partial charge in [0, 0.05) is 0 Å². The van der Waals surface area contributed by atoms with Crippen LogP contribution in [0.15, 0.2) is 0 Å². The van der Waals surface area contributed by atoms with Crippen molar-refractivity contribution < 1.29 is 5.11 Å². The third-order valence-corrected chi connectivity index (χ3v) is 7.12. The van der Waals surface area contributed by atoms with E-state index in [0.29, 0.717) is 10.8 Å². The van der Waals surface area contributed by atoms with Crippen LogP contribution in [0.4, 0.5) is 0 Å². The summed E-state index contributed by atoms with van der Waals surface area (Å²) in [7, 11) is 0. The van der Waals surface area contributed by atoms with E-state index < -0.39 is 0 Å². The van der Waals surface area contributed by atoms with Gasteiger partial charge in [-0.15, -0.1) is 0 Å². The minimum absolute atomic E-state index is 0.000381. The first kappa shape index (κ1) is 12.0. The van der Waals surface area contributed by atoms with E-state index >= 15 is 0 Å². The molecule has 3 rings (SSSR count). The number of aliphatic hydroxyl groups excluding tert-OH is 1. The molecule has 0 aromatic rings. The quantitative estimate of drug-likeness (QED) is 0.729. The van der Waals surface area contributed by atoms with Gasteiger partial charge in [0.15, 0.2) is 0 Å². The van der Waals surface area contributed by atoms with Crippen molar-refractivity contribution in [2.75, 3.05) is 0 Å². The Labute approximate surface area is 106 Å². The van der Waals surface area contributed by atoms with Gasteiger partial charge in [0.05, 0.1) is 6.10 Å². The summed E-state index contributed by atoms with van der Waals surface area (Å²) in [5.74, 6) is 2.66. The van der Waals surface area contributed by atoms with Crippen LogP contribution < -0.4 is 0 Å². The van der Waals surface area contributed by atoms with Crippen molar-refractivity contribution in [2.45, 2.75) is 71.8 Å². The molecule has 0 spiro atoms. The molecule has 2 bridgehead atoms. The molecule has 3 saturated carbocycles. The van der Waals surface area contributed by atoms with E-state index in [9.17, 15) is 5.11 Å². The lowest BCUT2D eigenvalue weighted by atomic mass is 9.61. The zero-order valence-corrected chi connectivity index (χ0v) is 11.7. The van der Waals surface area contributed by atoms with E-state index in [2.05, 4.69) is 20.8 Å². The van der Waals surface area contributed by atoms with E-state index in [0.717, 1.165) is 30.6 Å². The van der Waals surface area contributed by atoms with E-state index in [1.54, 1.807) is 0 Å². The van der Waals surface area contributed by atoms with E-state index in [-0.39, 0.29) is 6.10 Å². The minimum Gasteiger partial charge on any atom is -0.393 e. The number of rotatable bonds is 1. The van der Waals surface area contributed by atoms with Crippen molar-refractivity contribution in [1.82, 2.24) is 0 Å². The van der Waals surface area contributed by atoms with Gasteiger partial charge >= 0.3 is 0 Å². The first-order valence-corrected chi connectivity index (χ1v) is 7.63. The summed E-state index contributed by atoms with van der Waals surface area (Å²) in [6.45, 7) is 7.56. The molecule has 3 aliphatic carbocycles. The lowest BCUT2D eigenvalue weighted by Crippen LogP contribution is -2.38. The molecule has 0 radical (unpaired) electrons. The Bertz CT molecular complexity index is 309. The van der Waals surface area contributed by atoms with Gasteiger partial charge in [0.25, 0.3) is 0 Å². The number of hydrogen-bond acceptors (Lipinski definition) is 1. The highest BCUT2D eigenvalue weighted by atomic mass is 16.3. The average molecular weight is 236 g/mol. The lowest BCUT2D eigenvalue weighted by molar-refractivity contribution is 0.0168.